The fraction of sp³-hybridized carbons (Fsp3) is 0.739. The Labute approximate surface area is 174 Å². The first-order valence-electron chi connectivity index (χ1n) is 11.0. The highest BCUT2D eigenvalue weighted by molar-refractivity contribution is 5.58. The molecule has 158 valence electrons. The average molecular weight is 399 g/mol. The molecule has 2 aliphatic heterocycles. The van der Waals surface area contributed by atoms with Gasteiger partial charge in [-0.05, 0) is 57.1 Å². The molecule has 29 heavy (non-hydrogen) atoms. The molecule has 0 radical (unpaired) electrons. The molecule has 0 N–H and O–H groups in total. The van der Waals surface area contributed by atoms with Gasteiger partial charge in [-0.2, -0.15) is 5.26 Å². The van der Waals surface area contributed by atoms with Gasteiger partial charge >= 0.3 is 0 Å². The maximum atomic E-state index is 9.74. The molecule has 3 aliphatic rings. The van der Waals surface area contributed by atoms with E-state index in [1.807, 2.05) is 27.0 Å². The Bertz CT molecular complexity index is 771. The van der Waals surface area contributed by atoms with Gasteiger partial charge in [0.05, 0.1) is 25.4 Å². The molecule has 0 aromatic carbocycles. The van der Waals surface area contributed by atoms with Gasteiger partial charge in [-0.1, -0.05) is 0 Å². The number of hydrogen-bond donors (Lipinski definition) is 0. The van der Waals surface area contributed by atoms with Crippen LogP contribution in [0.2, 0.25) is 0 Å². The molecule has 1 aliphatic carbocycles. The van der Waals surface area contributed by atoms with Gasteiger partial charge in [0.1, 0.15) is 11.9 Å². The Hall–Kier alpha value is -1.68. The van der Waals surface area contributed by atoms with Crippen molar-refractivity contribution in [3.63, 3.8) is 0 Å². The quantitative estimate of drug-likeness (QED) is 0.777. The predicted molar refractivity (Wildman–Crippen MR) is 113 cm³/mol. The zero-order chi connectivity index (χ0) is 20.4. The van der Waals surface area contributed by atoms with E-state index in [0.29, 0.717) is 12.0 Å². The number of nitriles is 1. The number of pyridine rings is 1. The summed E-state index contributed by atoms with van der Waals surface area (Å²) in [6.45, 7) is 10.6. The lowest BCUT2D eigenvalue weighted by Gasteiger charge is -2.54. The normalized spacial score (nSPS) is 30.6. The van der Waals surface area contributed by atoms with Gasteiger partial charge in [0.25, 0.3) is 0 Å². The van der Waals surface area contributed by atoms with Crippen molar-refractivity contribution >= 4 is 5.82 Å². The number of anilines is 1. The van der Waals surface area contributed by atoms with Crippen LogP contribution in [0.4, 0.5) is 5.82 Å². The van der Waals surface area contributed by atoms with E-state index in [0.717, 1.165) is 75.1 Å². The van der Waals surface area contributed by atoms with Crippen LogP contribution >= 0.6 is 0 Å². The standard InChI is InChI=1S/C23H34N4O2/c1-17-12-18(2)25-22(21(17)14-24)27-7-5-19-13-20(26-8-10-29-11-9-26)4-6-23(19,15-27)16-28-3/h12,19-20H,4-11,13,15-16H2,1-3H3/t19-,20-,23+/m1/s1. The lowest BCUT2D eigenvalue weighted by Crippen LogP contribution is -2.57. The van der Waals surface area contributed by atoms with Crippen molar-refractivity contribution in [2.75, 3.05) is 58.0 Å². The first-order chi connectivity index (χ1) is 14.1. The smallest absolute Gasteiger partial charge is 0.147 e. The van der Waals surface area contributed by atoms with Crippen LogP contribution < -0.4 is 4.90 Å². The fourth-order valence-corrected chi connectivity index (χ4v) is 5.92. The van der Waals surface area contributed by atoms with Crippen LogP contribution in [-0.4, -0.2) is 69.0 Å². The molecule has 1 aromatic heterocycles. The Kier molecular flexibility index (Phi) is 6.10. The Balaban J connectivity index is 1.56. The minimum Gasteiger partial charge on any atom is -0.384 e. The van der Waals surface area contributed by atoms with Crippen molar-refractivity contribution in [1.29, 1.82) is 5.26 Å². The van der Waals surface area contributed by atoms with Gasteiger partial charge in [-0.15, -0.1) is 0 Å². The third-order valence-corrected chi connectivity index (χ3v) is 7.38. The molecule has 0 bridgehead atoms. The predicted octanol–water partition coefficient (Wildman–Crippen LogP) is 2.91. The maximum absolute atomic E-state index is 9.74. The van der Waals surface area contributed by atoms with Crippen LogP contribution in [-0.2, 0) is 9.47 Å². The van der Waals surface area contributed by atoms with E-state index in [1.165, 1.54) is 19.3 Å². The van der Waals surface area contributed by atoms with Crippen molar-refractivity contribution in [1.82, 2.24) is 9.88 Å². The van der Waals surface area contributed by atoms with E-state index in [9.17, 15) is 5.26 Å². The van der Waals surface area contributed by atoms with Gasteiger partial charge in [-0.3, -0.25) is 4.90 Å². The number of aromatic nitrogens is 1. The first kappa shape index (κ1) is 20.6. The number of fused-ring (bicyclic) bond motifs is 1. The molecule has 2 saturated heterocycles. The molecule has 3 heterocycles. The van der Waals surface area contributed by atoms with Gasteiger partial charge in [-0.25, -0.2) is 4.98 Å². The summed E-state index contributed by atoms with van der Waals surface area (Å²) in [6, 6.07) is 5.08. The summed E-state index contributed by atoms with van der Waals surface area (Å²) in [5.41, 5.74) is 2.88. The number of piperidine rings is 1. The highest BCUT2D eigenvalue weighted by Gasteiger charge is 2.48. The minimum absolute atomic E-state index is 0.155. The molecule has 6 heteroatoms. The average Bonchev–Trinajstić information content (AvgIpc) is 2.73. The number of hydrogen-bond acceptors (Lipinski definition) is 6. The number of rotatable bonds is 4. The molecule has 0 amide bonds. The maximum Gasteiger partial charge on any atom is 0.147 e. The number of nitrogens with zero attached hydrogens (tertiary/aromatic N) is 4. The molecule has 1 aromatic rings. The molecule has 4 rings (SSSR count). The summed E-state index contributed by atoms with van der Waals surface area (Å²) in [5, 5.41) is 9.74. The first-order valence-corrected chi connectivity index (χ1v) is 11.0. The molecular formula is C23H34N4O2. The zero-order valence-corrected chi connectivity index (χ0v) is 18.1. The van der Waals surface area contributed by atoms with E-state index < -0.39 is 0 Å². The summed E-state index contributed by atoms with van der Waals surface area (Å²) in [4.78, 5) is 9.80. The number of morpholine rings is 1. The fourth-order valence-electron chi connectivity index (χ4n) is 5.92. The van der Waals surface area contributed by atoms with Crippen molar-refractivity contribution < 1.29 is 9.47 Å². The third-order valence-electron chi connectivity index (χ3n) is 7.38. The lowest BCUT2D eigenvalue weighted by molar-refractivity contribution is -0.0540. The molecule has 0 spiro atoms. The molecule has 1 saturated carbocycles. The molecule has 0 unspecified atom stereocenters. The number of ether oxygens (including phenoxy) is 2. The summed E-state index contributed by atoms with van der Waals surface area (Å²) in [7, 11) is 1.83. The van der Waals surface area contributed by atoms with Crippen LogP contribution in [0.5, 0.6) is 0 Å². The van der Waals surface area contributed by atoms with Crippen LogP contribution in [0, 0.1) is 36.5 Å². The Morgan fingerprint density at radius 2 is 2.07 bits per heavy atom. The topological polar surface area (TPSA) is 61.6 Å². The molecule has 3 atom stereocenters. The van der Waals surface area contributed by atoms with Crippen molar-refractivity contribution in [3.05, 3.63) is 22.9 Å². The van der Waals surface area contributed by atoms with Crippen LogP contribution in [0.25, 0.3) is 0 Å². The second-order valence-electron chi connectivity index (χ2n) is 9.17. The van der Waals surface area contributed by atoms with E-state index in [-0.39, 0.29) is 5.41 Å². The van der Waals surface area contributed by atoms with Gasteiger partial charge in [0.15, 0.2) is 0 Å². The van der Waals surface area contributed by atoms with Crippen molar-refractivity contribution in [2.24, 2.45) is 11.3 Å². The second kappa shape index (κ2) is 8.59. The van der Waals surface area contributed by atoms with E-state index >= 15 is 0 Å². The molecule has 3 fully saturated rings. The summed E-state index contributed by atoms with van der Waals surface area (Å²) in [6.07, 6.45) is 4.79. The lowest BCUT2D eigenvalue weighted by atomic mass is 9.61. The van der Waals surface area contributed by atoms with Crippen molar-refractivity contribution in [3.8, 4) is 6.07 Å². The van der Waals surface area contributed by atoms with Crippen LogP contribution in [0.15, 0.2) is 6.07 Å². The second-order valence-corrected chi connectivity index (χ2v) is 9.17. The zero-order valence-electron chi connectivity index (χ0n) is 18.1. The Morgan fingerprint density at radius 3 is 2.79 bits per heavy atom. The Morgan fingerprint density at radius 1 is 1.28 bits per heavy atom. The number of aryl methyl sites for hydroxylation is 2. The van der Waals surface area contributed by atoms with Crippen molar-refractivity contribution in [2.45, 2.75) is 45.6 Å². The SMILES string of the molecule is COC[C@@]12CC[C@@H](N3CCOCC3)C[C@H]1CCN(c1nc(C)cc(C)c1C#N)C2. The van der Waals surface area contributed by atoms with E-state index in [2.05, 4.69) is 15.9 Å². The van der Waals surface area contributed by atoms with Gasteiger partial charge in [0, 0.05) is 50.4 Å². The minimum atomic E-state index is 0.155. The van der Waals surface area contributed by atoms with E-state index in [1.54, 1.807) is 0 Å². The van der Waals surface area contributed by atoms with E-state index in [4.69, 9.17) is 14.5 Å². The highest BCUT2D eigenvalue weighted by Crippen LogP contribution is 2.48. The van der Waals surface area contributed by atoms with Gasteiger partial charge in [0.2, 0.25) is 0 Å². The van der Waals surface area contributed by atoms with Crippen LogP contribution in [0.3, 0.4) is 0 Å². The largest absolute Gasteiger partial charge is 0.384 e. The molecule has 6 nitrogen and oxygen atoms in total. The summed E-state index contributed by atoms with van der Waals surface area (Å²) in [5.74, 6) is 1.53. The van der Waals surface area contributed by atoms with Crippen LogP contribution in [0.1, 0.15) is 42.5 Å². The highest BCUT2D eigenvalue weighted by atomic mass is 16.5. The monoisotopic (exact) mass is 398 g/mol. The summed E-state index contributed by atoms with van der Waals surface area (Å²) < 4.78 is 11.3. The van der Waals surface area contributed by atoms with Gasteiger partial charge < -0.3 is 14.4 Å². The third kappa shape index (κ3) is 4.01. The summed E-state index contributed by atoms with van der Waals surface area (Å²) >= 11 is 0. The molecular weight excluding hydrogens is 364 g/mol. The number of methoxy groups -OCH3 is 1.